The van der Waals surface area contributed by atoms with E-state index in [0.29, 0.717) is 0 Å². The second kappa shape index (κ2) is 4.55. The summed E-state index contributed by atoms with van der Waals surface area (Å²) in [4.78, 5) is 4.23. The van der Waals surface area contributed by atoms with E-state index in [9.17, 15) is 0 Å². The number of nitrogens with one attached hydrogen (secondary N) is 1. The largest absolute Gasteiger partial charge is 0.305 e. The van der Waals surface area contributed by atoms with Gasteiger partial charge in [0.1, 0.15) is 12.2 Å². The number of aryl methyl sites for hydroxylation is 1. The van der Waals surface area contributed by atoms with Gasteiger partial charge in [0.05, 0.1) is 6.54 Å². The molecule has 1 heterocycles. The molecule has 0 radical (unpaired) electrons. The zero-order valence-electron chi connectivity index (χ0n) is 9.54. The van der Waals surface area contributed by atoms with Gasteiger partial charge in [-0.3, -0.25) is 0 Å². The number of rotatable bonds is 4. The van der Waals surface area contributed by atoms with E-state index >= 15 is 0 Å². The molecule has 0 aliphatic heterocycles. The molecule has 0 bridgehead atoms. The highest BCUT2D eigenvalue weighted by Gasteiger charge is 2.10. The average molecular weight is 196 g/mol. The summed E-state index contributed by atoms with van der Waals surface area (Å²) in [6.07, 6.45) is 2.71. The van der Waals surface area contributed by atoms with Crippen molar-refractivity contribution in [1.29, 1.82) is 0 Å². The van der Waals surface area contributed by atoms with E-state index in [1.54, 1.807) is 6.33 Å². The number of aromatic nitrogens is 3. The molecule has 0 atom stereocenters. The van der Waals surface area contributed by atoms with Gasteiger partial charge in [-0.25, -0.2) is 9.67 Å². The average Bonchev–Trinajstić information content (AvgIpc) is 2.48. The Kier molecular flexibility index (Phi) is 3.63. The highest BCUT2D eigenvalue weighted by molar-refractivity contribution is 4.86. The van der Waals surface area contributed by atoms with E-state index in [1.807, 2.05) is 4.68 Å². The molecular formula is C10H20N4. The Morgan fingerprint density at radius 3 is 2.71 bits per heavy atom. The summed E-state index contributed by atoms with van der Waals surface area (Å²) < 4.78 is 1.96. The predicted molar refractivity (Wildman–Crippen MR) is 56.9 cm³/mol. The third kappa shape index (κ3) is 3.46. The van der Waals surface area contributed by atoms with Crippen LogP contribution in [0, 0.1) is 0 Å². The van der Waals surface area contributed by atoms with Crippen LogP contribution in [0.25, 0.3) is 0 Å². The van der Waals surface area contributed by atoms with E-state index < -0.39 is 0 Å². The Morgan fingerprint density at radius 2 is 2.14 bits per heavy atom. The summed E-state index contributed by atoms with van der Waals surface area (Å²) in [5.74, 6) is 1.02. The topological polar surface area (TPSA) is 42.7 Å². The van der Waals surface area contributed by atoms with Gasteiger partial charge in [0, 0.05) is 12.1 Å². The van der Waals surface area contributed by atoms with Crippen LogP contribution >= 0.6 is 0 Å². The van der Waals surface area contributed by atoms with Gasteiger partial charge in [0.2, 0.25) is 0 Å². The van der Waals surface area contributed by atoms with Crippen LogP contribution in [-0.2, 0) is 13.1 Å². The fourth-order valence-corrected chi connectivity index (χ4v) is 1.17. The lowest BCUT2D eigenvalue weighted by atomic mass is 10.1. The summed E-state index contributed by atoms with van der Waals surface area (Å²) in [5, 5.41) is 7.57. The second-order valence-electron chi connectivity index (χ2n) is 4.50. The summed E-state index contributed by atoms with van der Waals surface area (Å²) in [5.41, 5.74) is 0.128. The van der Waals surface area contributed by atoms with Crippen LogP contribution in [0.15, 0.2) is 6.33 Å². The minimum Gasteiger partial charge on any atom is -0.305 e. The SMILES string of the molecule is CCCn1ncnc1CNC(C)(C)C. The third-order valence-corrected chi connectivity index (χ3v) is 1.91. The maximum absolute atomic E-state index is 4.23. The van der Waals surface area contributed by atoms with Crippen molar-refractivity contribution in [2.75, 3.05) is 0 Å². The van der Waals surface area contributed by atoms with Gasteiger partial charge in [-0.2, -0.15) is 5.10 Å². The molecular weight excluding hydrogens is 176 g/mol. The van der Waals surface area contributed by atoms with Crippen molar-refractivity contribution < 1.29 is 0 Å². The van der Waals surface area contributed by atoms with Gasteiger partial charge < -0.3 is 5.32 Å². The van der Waals surface area contributed by atoms with Gasteiger partial charge in [-0.15, -0.1) is 0 Å². The summed E-state index contributed by atoms with van der Waals surface area (Å²) >= 11 is 0. The molecule has 0 fully saturated rings. The standard InChI is InChI=1S/C10H20N4/c1-5-6-14-9(11-8-13-14)7-12-10(2,3)4/h8,12H,5-7H2,1-4H3. The molecule has 0 aliphatic carbocycles. The second-order valence-corrected chi connectivity index (χ2v) is 4.50. The maximum atomic E-state index is 4.23. The minimum atomic E-state index is 0.128. The monoisotopic (exact) mass is 196 g/mol. The Hall–Kier alpha value is -0.900. The molecule has 80 valence electrons. The van der Waals surface area contributed by atoms with Gasteiger partial charge in [0.15, 0.2) is 0 Å². The third-order valence-electron chi connectivity index (χ3n) is 1.91. The smallest absolute Gasteiger partial charge is 0.140 e. The first-order valence-electron chi connectivity index (χ1n) is 5.14. The van der Waals surface area contributed by atoms with Crippen molar-refractivity contribution in [3.8, 4) is 0 Å². The van der Waals surface area contributed by atoms with E-state index in [0.717, 1.165) is 25.3 Å². The van der Waals surface area contributed by atoms with Crippen molar-refractivity contribution in [1.82, 2.24) is 20.1 Å². The van der Waals surface area contributed by atoms with Gasteiger partial charge >= 0.3 is 0 Å². The molecule has 0 saturated heterocycles. The zero-order valence-corrected chi connectivity index (χ0v) is 9.54. The molecule has 4 nitrogen and oxygen atoms in total. The molecule has 1 aromatic rings. The Morgan fingerprint density at radius 1 is 1.43 bits per heavy atom. The van der Waals surface area contributed by atoms with Crippen molar-refractivity contribution in [3.05, 3.63) is 12.2 Å². The lowest BCUT2D eigenvalue weighted by Gasteiger charge is -2.20. The first-order chi connectivity index (χ1) is 6.53. The molecule has 1 N–H and O–H groups in total. The maximum Gasteiger partial charge on any atom is 0.140 e. The quantitative estimate of drug-likeness (QED) is 0.795. The molecule has 0 amide bonds. The van der Waals surface area contributed by atoms with E-state index in [-0.39, 0.29) is 5.54 Å². The van der Waals surface area contributed by atoms with Crippen molar-refractivity contribution >= 4 is 0 Å². The van der Waals surface area contributed by atoms with E-state index in [1.165, 1.54) is 0 Å². The van der Waals surface area contributed by atoms with Crippen molar-refractivity contribution in [2.24, 2.45) is 0 Å². The minimum absolute atomic E-state index is 0.128. The van der Waals surface area contributed by atoms with E-state index in [2.05, 4.69) is 43.1 Å². The van der Waals surface area contributed by atoms with Crippen LogP contribution in [-0.4, -0.2) is 20.3 Å². The lowest BCUT2D eigenvalue weighted by Crippen LogP contribution is -2.36. The van der Waals surface area contributed by atoms with Gasteiger partial charge in [-0.1, -0.05) is 6.92 Å². The normalized spacial score (nSPS) is 12.0. The Labute approximate surface area is 85.7 Å². The molecule has 0 aromatic carbocycles. The fourth-order valence-electron chi connectivity index (χ4n) is 1.17. The highest BCUT2D eigenvalue weighted by atomic mass is 15.3. The number of hydrogen-bond donors (Lipinski definition) is 1. The molecule has 0 spiro atoms. The Bertz CT molecular complexity index is 272. The summed E-state index contributed by atoms with van der Waals surface area (Å²) in [6.45, 7) is 10.3. The van der Waals surface area contributed by atoms with Crippen LogP contribution in [0.2, 0.25) is 0 Å². The predicted octanol–water partition coefficient (Wildman–Crippen LogP) is 1.58. The molecule has 4 heteroatoms. The van der Waals surface area contributed by atoms with Gasteiger partial charge in [0.25, 0.3) is 0 Å². The first-order valence-corrected chi connectivity index (χ1v) is 5.14. The van der Waals surface area contributed by atoms with Crippen LogP contribution in [0.1, 0.15) is 39.9 Å². The van der Waals surface area contributed by atoms with Crippen LogP contribution < -0.4 is 5.32 Å². The zero-order chi connectivity index (χ0) is 10.6. The molecule has 0 saturated carbocycles. The summed E-state index contributed by atoms with van der Waals surface area (Å²) in [6, 6.07) is 0. The number of hydrogen-bond acceptors (Lipinski definition) is 3. The summed E-state index contributed by atoms with van der Waals surface area (Å²) in [7, 11) is 0. The molecule has 14 heavy (non-hydrogen) atoms. The van der Waals surface area contributed by atoms with Crippen molar-refractivity contribution in [3.63, 3.8) is 0 Å². The molecule has 0 aliphatic rings. The van der Waals surface area contributed by atoms with E-state index in [4.69, 9.17) is 0 Å². The number of nitrogens with zero attached hydrogens (tertiary/aromatic N) is 3. The lowest BCUT2D eigenvalue weighted by molar-refractivity contribution is 0.407. The fraction of sp³-hybridized carbons (Fsp3) is 0.800. The first kappa shape index (κ1) is 11.2. The highest BCUT2D eigenvalue weighted by Crippen LogP contribution is 2.02. The van der Waals surface area contributed by atoms with Gasteiger partial charge in [-0.05, 0) is 27.2 Å². The molecule has 1 rings (SSSR count). The Balaban J connectivity index is 2.53. The van der Waals surface area contributed by atoms with Crippen LogP contribution in [0.4, 0.5) is 0 Å². The molecule has 1 aromatic heterocycles. The van der Waals surface area contributed by atoms with Crippen LogP contribution in [0.5, 0.6) is 0 Å². The molecule has 0 unspecified atom stereocenters. The van der Waals surface area contributed by atoms with Crippen LogP contribution in [0.3, 0.4) is 0 Å². The van der Waals surface area contributed by atoms with Crippen molar-refractivity contribution in [2.45, 2.75) is 52.7 Å².